The van der Waals surface area contributed by atoms with E-state index >= 15 is 0 Å². The van der Waals surface area contributed by atoms with Crippen molar-refractivity contribution < 1.29 is 4.39 Å². The van der Waals surface area contributed by atoms with Crippen LogP contribution in [0.15, 0.2) is 24.1 Å². The zero-order valence-corrected chi connectivity index (χ0v) is 14.6. The fourth-order valence-electron chi connectivity index (χ4n) is 4.40. The van der Waals surface area contributed by atoms with Crippen molar-refractivity contribution in [2.75, 3.05) is 0 Å². The van der Waals surface area contributed by atoms with Gasteiger partial charge in [0.05, 0.1) is 0 Å². The van der Waals surface area contributed by atoms with Crippen LogP contribution in [0, 0.1) is 35.0 Å². The maximum atomic E-state index is 12.7. The van der Waals surface area contributed by atoms with Crippen LogP contribution in [0.1, 0.15) is 77.6 Å². The van der Waals surface area contributed by atoms with E-state index in [2.05, 4.69) is 13.0 Å². The van der Waals surface area contributed by atoms with Gasteiger partial charge in [-0.1, -0.05) is 64.0 Å². The van der Waals surface area contributed by atoms with Gasteiger partial charge in [0.15, 0.2) is 5.83 Å². The molecule has 0 aromatic carbocycles. The molecule has 23 heavy (non-hydrogen) atoms. The lowest BCUT2D eigenvalue weighted by atomic mass is 9.75. The van der Waals surface area contributed by atoms with Gasteiger partial charge in [-0.15, -0.1) is 0 Å². The Hall–Kier alpha value is -1.10. The molecule has 0 N–H and O–H groups in total. The van der Waals surface area contributed by atoms with E-state index in [-0.39, 0.29) is 0 Å². The summed E-state index contributed by atoms with van der Waals surface area (Å²) >= 11 is 0. The van der Waals surface area contributed by atoms with Crippen LogP contribution >= 0.6 is 0 Å². The summed E-state index contributed by atoms with van der Waals surface area (Å²) in [5, 5.41) is 8.37. The molecule has 0 aromatic rings. The summed E-state index contributed by atoms with van der Waals surface area (Å²) < 4.78 is 12.7. The zero-order valence-electron chi connectivity index (χ0n) is 14.6. The zero-order chi connectivity index (χ0) is 16.5. The van der Waals surface area contributed by atoms with Crippen LogP contribution in [0.4, 0.5) is 4.39 Å². The molecule has 0 amide bonds. The monoisotopic (exact) mass is 317 g/mol. The third-order valence-corrected chi connectivity index (χ3v) is 6.15. The van der Waals surface area contributed by atoms with Gasteiger partial charge in [-0.05, 0) is 55.4 Å². The van der Waals surface area contributed by atoms with E-state index in [0.717, 1.165) is 17.8 Å². The Morgan fingerprint density at radius 1 is 0.957 bits per heavy atom. The third kappa shape index (κ3) is 6.50. The molecule has 2 aliphatic rings. The van der Waals surface area contributed by atoms with Gasteiger partial charge in [0.25, 0.3) is 0 Å². The molecular weight excluding hydrogens is 285 g/mol. The number of hydrogen-bond acceptors (Lipinski definition) is 1. The highest BCUT2D eigenvalue weighted by Crippen LogP contribution is 2.37. The maximum absolute atomic E-state index is 12.7. The number of nitriles is 1. The fourth-order valence-corrected chi connectivity index (χ4v) is 4.40. The van der Waals surface area contributed by atoms with Crippen LogP contribution in [-0.4, -0.2) is 0 Å². The molecule has 2 saturated carbocycles. The van der Waals surface area contributed by atoms with Gasteiger partial charge in [-0.25, -0.2) is 0 Å². The summed E-state index contributed by atoms with van der Waals surface area (Å²) in [6, 6.07) is 1.51. The Balaban J connectivity index is 1.61. The topological polar surface area (TPSA) is 23.8 Å². The van der Waals surface area contributed by atoms with Gasteiger partial charge in [-0.3, -0.25) is 0 Å². The summed E-state index contributed by atoms with van der Waals surface area (Å²) in [4.78, 5) is 0. The van der Waals surface area contributed by atoms with Gasteiger partial charge in [0, 0.05) is 0 Å². The van der Waals surface area contributed by atoms with Crippen molar-refractivity contribution in [3.05, 3.63) is 24.1 Å². The smallest absolute Gasteiger partial charge is 0.195 e. The third-order valence-electron chi connectivity index (χ3n) is 6.15. The second-order valence-electron chi connectivity index (χ2n) is 7.66. The first-order valence-corrected chi connectivity index (χ1v) is 9.65. The van der Waals surface area contributed by atoms with Gasteiger partial charge in [0.1, 0.15) is 6.07 Å². The Morgan fingerprint density at radius 2 is 1.48 bits per heavy atom. The van der Waals surface area contributed by atoms with Crippen LogP contribution < -0.4 is 0 Å². The molecular formula is C21H32FN. The molecule has 0 bridgehead atoms. The molecule has 0 unspecified atom stereocenters. The SMILES string of the molecule is CC[C@H]1CC[C@H](CC[C@H]2CC[C@H](C=CC=C(F)C#N)CC2)CC1. The molecule has 0 atom stereocenters. The van der Waals surface area contributed by atoms with E-state index in [1.807, 2.05) is 0 Å². The van der Waals surface area contributed by atoms with Crippen molar-refractivity contribution in [1.82, 2.24) is 0 Å². The molecule has 1 nitrogen and oxygen atoms in total. The highest BCUT2D eigenvalue weighted by Gasteiger charge is 2.23. The predicted molar refractivity (Wildman–Crippen MR) is 94.4 cm³/mol. The Morgan fingerprint density at radius 3 is 2.00 bits per heavy atom. The summed E-state index contributed by atoms with van der Waals surface area (Å²) in [6.45, 7) is 2.34. The largest absolute Gasteiger partial charge is 0.199 e. The lowest BCUT2D eigenvalue weighted by Gasteiger charge is -2.31. The Bertz CT molecular complexity index is 429. The molecule has 0 aromatic heterocycles. The lowest BCUT2D eigenvalue weighted by molar-refractivity contribution is 0.224. The van der Waals surface area contributed by atoms with Crippen molar-refractivity contribution >= 4 is 0 Å². The van der Waals surface area contributed by atoms with Crippen molar-refractivity contribution in [3.8, 4) is 6.07 Å². The fraction of sp³-hybridized carbons (Fsp3) is 0.762. The molecule has 0 aliphatic heterocycles. The van der Waals surface area contributed by atoms with Crippen LogP contribution in [-0.2, 0) is 0 Å². The highest BCUT2D eigenvalue weighted by molar-refractivity contribution is 5.19. The molecule has 0 radical (unpaired) electrons. The molecule has 2 rings (SSSR count). The summed E-state index contributed by atoms with van der Waals surface area (Å²) in [7, 11) is 0. The van der Waals surface area contributed by atoms with E-state index in [4.69, 9.17) is 5.26 Å². The van der Waals surface area contributed by atoms with Crippen LogP contribution in [0.2, 0.25) is 0 Å². The Kier molecular flexibility index (Phi) is 7.86. The molecule has 128 valence electrons. The molecule has 2 aliphatic carbocycles. The average molecular weight is 317 g/mol. The quantitative estimate of drug-likeness (QED) is 0.394. The molecule has 2 fully saturated rings. The van der Waals surface area contributed by atoms with E-state index < -0.39 is 5.83 Å². The van der Waals surface area contributed by atoms with Crippen LogP contribution in [0.25, 0.3) is 0 Å². The second-order valence-corrected chi connectivity index (χ2v) is 7.66. The Labute approximate surface area is 141 Å². The molecule has 2 heteroatoms. The minimum Gasteiger partial charge on any atom is -0.195 e. The minimum atomic E-state index is -0.701. The lowest BCUT2D eigenvalue weighted by Crippen LogP contribution is -2.17. The number of hydrogen-bond donors (Lipinski definition) is 0. The van der Waals surface area contributed by atoms with E-state index in [9.17, 15) is 4.39 Å². The number of halogens is 1. The first-order chi connectivity index (χ1) is 11.2. The second kappa shape index (κ2) is 9.91. The normalized spacial score (nSPS) is 32.8. The van der Waals surface area contributed by atoms with Gasteiger partial charge in [-0.2, -0.15) is 9.65 Å². The van der Waals surface area contributed by atoms with Crippen molar-refractivity contribution in [2.45, 2.75) is 77.6 Å². The number of rotatable bonds is 6. The summed E-state index contributed by atoms with van der Waals surface area (Å²) in [5.41, 5.74) is 0. The summed E-state index contributed by atoms with van der Waals surface area (Å²) in [6.07, 6.45) is 20.3. The standard InChI is InChI=1S/C21H32FN/c1-2-17-6-8-19(9-7-17)14-15-20-12-10-18(11-13-20)4-3-5-21(22)16-23/h3-5,17-20H,2,6-15H2,1H3/t17-,18-,19-,20-. The van der Waals surface area contributed by atoms with E-state index in [1.54, 1.807) is 6.08 Å². The predicted octanol–water partition coefficient (Wildman–Crippen LogP) is 6.72. The molecule has 0 heterocycles. The van der Waals surface area contributed by atoms with E-state index in [1.165, 1.54) is 82.8 Å². The van der Waals surface area contributed by atoms with Crippen LogP contribution in [0.3, 0.4) is 0 Å². The average Bonchev–Trinajstić information content (AvgIpc) is 2.61. The molecule has 0 spiro atoms. The van der Waals surface area contributed by atoms with Crippen molar-refractivity contribution in [3.63, 3.8) is 0 Å². The van der Waals surface area contributed by atoms with Gasteiger partial charge < -0.3 is 0 Å². The van der Waals surface area contributed by atoms with Gasteiger partial charge >= 0.3 is 0 Å². The van der Waals surface area contributed by atoms with Crippen molar-refractivity contribution in [1.29, 1.82) is 5.26 Å². The molecule has 0 saturated heterocycles. The van der Waals surface area contributed by atoms with Crippen molar-refractivity contribution in [2.24, 2.45) is 23.7 Å². The summed E-state index contributed by atoms with van der Waals surface area (Å²) in [5.74, 6) is 2.79. The van der Waals surface area contributed by atoms with Crippen LogP contribution in [0.5, 0.6) is 0 Å². The van der Waals surface area contributed by atoms with E-state index in [0.29, 0.717) is 5.92 Å². The first kappa shape index (κ1) is 18.2. The van der Waals surface area contributed by atoms with Gasteiger partial charge in [0.2, 0.25) is 0 Å². The first-order valence-electron chi connectivity index (χ1n) is 9.65. The minimum absolute atomic E-state index is 0.578. The maximum Gasteiger partial charge on any atom is 0.199 e. The number of allylic oxidation sites excluding steroid dienone is 4. The number of nitrogens with zero attached hydrogens (tertiary/aromatic N) is 1. The highest BCUT2D eigenvalue weighted by atomic mass is 19.1.